The Hall–Kier alpha value is -2.72. The van der Waals surface area contributed by atoms with Crippen LogP contribution in [0.2, 0.25) is 0 Å². The van der Waals surface area contributed by atoms with Crippen molar-refractivity contribution in [2.24, 2.45) is 5.73 Å². The highest BCUT2D eigenvalue weighted by molar-refractivity contribution is 5.65. The second-order valence-corrected chi connectivity index (χ2v) is 6.24. The number of hydrogen-bond donors (Lipinski definition) is 3. The Balaban J connectivity index is 0.000000758. The van der Waals surface area contributed by atoms with E-state index in [4.69, 9.17) is 25.6 Å². The number of benzene rings is 2. The summed E-state index contributed by atoms with van der Waals surface area (Å²) in [7, 11) is 0. The van der Waals surface area contributed by atoms with Crippen LogP contribution in [0.4, 0.5) is 0 Å². The fourth-order valence-electron chi connectivity index (χ4n) is 3.02. The monoisotopic (exact) mass is 353 g/mol. The molecule has 136 valence electrons. The number of hydrogen-bond acceptors (Lipinski definition) is 5. The number of carbonyl (C=O) groups is 1. The molecule has 0 spiro atoms. The van der Waals surface area contributed by atoms with Gasteiger partial charge in [-0.05, 0) is 35.2 Å². The highest BCUT2D eigenvalue weighted by Gasteiger charge is 2.33. The van der Waals surface area contributed by atoms with Crippen molar-refractivity contribution in [3.8, 4) is 17.2 Å². The van der Waals surface area contributed by atoms with Gasteiger partial charge in [0.1, 0.15) is 11.8 Å². The molecular weight excluding hydrogens is 330 g/mol. The van der Waals surface area contributed by atoms with E-state index in [2.05, 4.69) is 48.6 Å². The highest BCUT2D eigenvalue weighted by atomic mass is 16.5. The van der Waals surface area contributed by atoms with Gasteiger partial charge in [0.25, 0.3) is 6.47 Å². The van der Waals surface area contributed by atoms with E-state index in [1.54, 1.807) is 0 Å². The average molecular weight is 353 g/mol. The topological polar surface area (TPSA) is 108 Å². The van der Waals surface area contributed by atoms with Crippen LogP contribution in [-0.2, 0) is 21.6 Å². The third kappa shape index (κ3) is 4.90. The quantitative estimate of drug-likeness (QED) is 0.730. The number of nitrogens with one attached hydrogen (secondary N) is 1. The van der Waals surface area contributed by atoms with Gasteiger partial charge in [-0.3, -0.25) is 4.79 Å². The number of nitriles is 1. The first-order valence-electron chi connectivity index (χ1n) is 8.31. The first-order valence-corrected chi connectivity index (χ1v) is 8.31. The summed E-state index contributed by atoms with van der Waals surface area (Å²) in [6.45, 7) is 3.22. The molecule has 0 bridgehead atoms. The second kappa shape index (κ2) is 9.11. The Kier molecular flexibility index (Phi) is 6.87. The Morgan fingerprint density at radius 2 is 2.00 bits per heavy atom. The van der Waals surface area contributed by atoms with E-state index in [1.165, 1.54) is 0 Å². The molecule has 2 unspecified atom stereocenters. The van der Waals surface area contributed by atoms with E-state index in [0.717, 1.165) is 28.8 Å². The smallest absolute Gasteiger partial charge is 0.290 e. The molecule has 1 aliphatic rings. The fraction of sp³-hybridized carbons (Fsp3) is 0.300. The molecule has 2 aromatic carbocycles. The van der Waals surface area contributed by atoms with Gasteiger partial charge in [-0.25, -0.2) is 0 Å². The summed E-state index contributed by atoms with van der Waals surface area (Å²) >= 11 is 0. The van der Waals surface area contributed by atoms with Gasteiger partial charge in [0, 0.05) is 13.1 Å². The number of ether oxygens (including phenoxy) is 1. The number of nitrogens with two attached hydrogens (primary N) is 1. The summed E-state index contributed by atoms with van der Waals surface area (Å²) in [5.41, 5.74) is 9.85. The van der Waals surface area contributed by atoms with Crippen molar-refractivity contribution in [3.05, 3.63) is 59.7 Å². The van der Waals surface area contributed by atoms with Crippen LogP contribution >= 0.6 is 0 Å². The molecule has 6 nitrogen and oxygen atoms in total. The van der Waals surface area contributed by atoms with Crippen LogP contribution < -0.4 is 11.1 Å². The molecule has 4 N–H and O–H groups in total. The molecule has 0 radical (unpaired) electrons. The summed E-state index contributed by atoms with van der Waals surface area (Å²) in [6, 6.07) is 18.6. The number of carboxylic acid groups (broad SMARTS) is 1. The molecule has 3 rings (SSSR count). The molecule has 1 heterocycles. The van der Waals surface area contributed by atoms with Crippen LogP contribution in [0, 0.1) is 11.3 Å². The van der Waals surface area contributed by atoms with E-state index in [0.29, 0.717) is 13.0 Å². The Bertz CT molecular complexity index is 788. The van der Waals surface area contributed by atoms with Crippen molar-refractivity contribution >= 4 is 6.47 Å². The first kappa shape index (κ1) is 19.6. The van der Waals surface area contributed by atoms with Gasteiger partial charge in [-0.15, -0.1) is 0 Å². The lowest BCUT2D eigenvalue weighted by molar-refractivity contribution is -0.122. The number of rotatable bonds is 3. The fourth-order valence-corrected chi connectivity index (χ4v) is 3.02. The van der Waals surface area contributed by atoms with Crippen LogP contribution in [0.1, 0.15) is 18.1 Å². The predicted molar refractivity (Wildman–Crippen MR) is 99.2 cm³/mol. The molecule has 1 saturated heterocycles. The SMILES string of the molecule is CC1(c2cccc(-c3cccc(CC#N)c3)c2)CNCC(N)O1.O=CO. The van der Waals surface area contributed by atoms with Gasteiger partial charge >= 0.3 is 0 Å². The third-order valence-corrected chi connectivity index (χ3v) is 4.24. The lowest BCUT2D eigenvalue weighted by Crippen LogP contribution is -2.53. The Labute approximate surface area is 153 Å². The lowest BCUT2D eigenvalue weighted by atomic mass is 9.91. The molecule has 0 aliphatic carbocycles. The average Bonchev–Trinajstić information content (AvgIpc) is 2.63. The van der Waals surface area contributed by atoms with Crippen molar-refractivity contribution in [2.75, 3.05) is 13.1 Å². The molecule has 2 aromatic rings. The largest absolute Gasteiger partial charge is 0.483 e. The normalized spacial score (nSPS) is 21.8. The molecule has 26 heavy (non-hydrogen) atoms. The zero-order valence-corrected chi connectivity index (χ0v) is 14.7. The maximum Gasteiger partial charge on any atom is 0.290 e. The van der Waals surface area contributed by atoms with E-state index in [1.807, 2.05) is 18.2 Å². The number of nitrogens with zero attached hydrogens (tertiary/aromatic N) is 1. The summed E-state index contributed by atoms with van der Waals surface area (Å²) in [5, 5.41) is 19.1. The van der Waals surface area contributed by atoms with Gasteiger partial charge in [0.05, 0.1) is 12.5 Å². The van der Waals surface area contributed by atoms with Crippen LogP contribution in [0.25, 0.3) is 11.1 Å². The zero-order valence-electron chi connectivity index (χ0n) is 14.7. The molecule has 1 aliphatic heterocycles. The minimum Gasteiger partial charge on any atom is -0.483 e. The summed E-state index contributed by atoms with van der Waals surface area (Å²) in [5.74, 6) is 0. The predicted octanol–water partition coefficient (Wildman–Crippen LogP) is 2.24. The summed E-state index contributed by atoms with van der Waals surface area (Å²) in [4.78, 5) is 8.36. The molecule has 0 amide bonds. The van der Waals surface area contributed by atoms with Crippen LogP contribution in [-0.4, -0.2) is 30.9 Å². The van der Waals surface area contributed by atoms with Crippen LogP contribution in [0.3, 0.4) is 0 Å². The zero-order chi connectivity index (χ0) is 19.0. The standard InChI is InChI=1S/C19H21N3O.CH2O2/c1-19(13-22-12-18(21)23-19)17-7-3-6-16(11-17)15-5-2-4-14(10-15)8-9-20;2-1-3/h2-7,10-11,18,22H,8,12-13,21H2,1H3;1H,(H,2,3). The van der Waals surface area contributed by atoms with Gasteiger partial charge < -0.3 is 20.9 Å². The lowest BCUT2D eigenvalue weighted by Gasteiger charge is -2.38. The maximum atomic E-state index is 8.87. The Morgan fingerprint density at radius 1 is 1.35 bits per heavy atom. The molecule has 0 aromatic heterocycles. The van der Waals surface area contributed by atoms with Crippen molar-refractivity contribution in [3.63, 3.8) is 0 Å². The number of morpholine rings is 1. The first-order chi connectivity index (χ1) is 12.5. The van der Waals surface area contributed by atoms with Crippen LogP contribution in [0.15, 0.2) is 48.5 Å². The Morgan fingerprint density at radius 3 is 2.65 bits per heavy atom. The van der Waals surface area contributed by atoms with E-state index >= 15 is 0 Å². The summed E-state index contributed by atoms with van der Waals surface area (Å²) < 4.78 is 5.99. The van der Waals surface area contributed by atoms with Gasteiger partial charge in [-0.2, -0.15) is 5.26 Å². The van der Waals surface area contributed by atoms with E-state index in [-0.39, 0.29) is 12.7 Å². The second-order valence-electron chi connectivity index (χ2n) is 6.24. The molecule has 6 heteroatoms. The minimum absolute atomic E-state index is 0.250. The molecule has 1 fully saturated rings. The van der Waals surface area contributed by atoms with Crippen molar-refractivity contribution in [1.82, 2.24) is 5.32 Å². The molecule has 0 saturated carbocycles. The highest BCUT2D eigenvalue weighted by Crippen LogP contribution is 2.31. The summed E-state index contributed by atoms with van der Waals surface area (Å²) in [6.07, 6.45) is 0.129. The molecule has 2 atom stereocenters. The van der Waals surface area contributed by atoms with E-state index < -0.39 is 5.60 Å². The van der Waals surface area contributed by atoms with Crippen molar-refractivity contribution in [2.45, 2.75) is 25.2 Å². The third-order valence-electron chi connectivity index (χ3n) is 4.24. The van der Waals surface area contributed by atoms with Gasteiger partial charge in [0.2, 0.25) is 0 Å². The molecular formula is C20H23N3O3. The van der Waals surface area contributed by atoms with E-state index in [9.17, 15) is 0 Å². The van der Waals surface area contributed by atoms with Crippen molar-refractivity contribution < 1.29 is 14.6 Å². The van der Waals surface area contributed by atoms with Crippen LogP contribution in [0.5, 0.6) is 0 Å². The van der Waals surface area contributed by atoms with Gasteiger partial charge in [0.15, 0.2) is 0 Å². The van der Waals surface area contributed by atoms with Gasteiger partial charge in [-0.1, -0.05) is 42.5 Å². The minimum atomic E-state index is -0.433. The maximum absolute atomic E-state index is 8.87. The van der Waals surface area contributed by atoms with Crippen molar-refractivity contribution in [1.29, 1.82) is 5.26 Å².